The predicted molar refractivity (Wildman–Crippen MR) is 97.0 cm³/mol. The largest absolute Gasteiger partial charge is 0.493 e. The zero-order chi connectivity index (χ0) is 17.0. The first-order valence-corrected chi connectivity index (χ1v) is 8.12. The minimum atomic E-state index is 0.0425. The number of aryl methyl sites for hydroxylation is 2. The number of halogens is 1. The number of benzene rings is 2. The Morgan fingerprint density at radius 1 is 1.09 bits per heavy atom. The smallest absolute Gasteiger partial charge is 0.180 e. The molecule has 0 fully saturated rings. The van der Waals surface area contributed by atoms with Crippen LogP contribution in [0.4, 0.5) is 5.69 Å². The molecular weight excluding hydrogens is 310 g/mol. The Bertz CT molecular complexity index is 683. The van der Waals surface area contributed by atoms with Gasteiger partial charge in [-0.25, -0.2) is 0 Å². The fraction of sp³-hybridized carbons (Fsp3) is 0.368. The average Bonchev–Trinajstić information content (AvgIpc) is 2.50. The monoisotopic (exact) mass is 333 g/mol. The van der Waals surface area contributed by atoms with Gasteiger partial charge in [-0.2, -0.15) is 0 Å². The zero-order valence-corrected chi connectivity index (χ0v) is 15.1. The highest BCUT2D eigenvalue weighted by Gasteiger charge is 2.13. The van der Waals surface area contributed by atoms with E-state index in [9.17, 15) is 0 Å². The third-order valence-electron chi connectivity index (χ3n) is 3.65. The molecule has 0 unspecified atom stereocenters. The number of ether oxygens (including phenoxy) is 2. The molecule has 2 rings (SSSR count). The van der Waals surface area contributed by atoms with Crippen LogP contribution in [-0.4, -0.2) is 13.2 Å². The van der Waals surface area contributed by atoms with Crippen molar-refractivity contribution in [3.63, 3.8) is 0 Å². The van der Waals surface area contributed by atoms with Crippen LogP contribution in [-0.2, 0) is 6.54 Å². The van der Waals surface area contributed by atoms with E-state index in [-0.39, 0.29) is 6.10 Å². The van der Waals surface area contributed by atoms with E-state index in [1.807, 2.05) is 26.0 Å². The molecule has 0 heterocycles. The summed E-state index contributed by atoms with van der Waals surface area (Å²) in [4.78, 5) is 0. The summed E-state index contributed by atoms with van der Waals surface area (Å²) >= 11 is 6.35. The van der Waals surface area contributed by atoms with E-state index in [1.165, 1.54) is 11.1 Å². The van der Waals surface area contributed by atoms with Crippen LogP contribution >= 0.6 is 11.6 Å². The maximum absolute atomic E-state index is 6.35. The standard InChI is InChI=1S/C19H24ClNO2/c1-12(2)23-19-17(20)9-15(10-18(19)22-5)11-21-16-7-6-13(3)14(4)8-16/h6-10,12,21H,11H2,1-5H3. The minimum absolute atomic E-state index is 0.0425. The summed E-state index contributed by atoms with van der Waals surface area (Å²) < 4.78 is 11.2. The Morgan fingerprint density at radius 3 is 2.43 bits per heavy atom. The van der Waals surface area contributed by atoms with Crippen molar-refractivity contribution < 1.29 is 9.47 Å². The summed E-state index contributed by atoms with van der Waals surface area (Å²) in [5.74, 6) is 1.25. The van der Waals surface area contributed by atoms with E-state index in [1.54, 1.807) is 7.11 Å². The van der Waals surface area contributed by atoms with E-state index < -0.39 is 0 Å². The molecule has 0 amide bonds. The van der Waals surface area contributed by atoms with Gasteiger partial charge in [0.2, 0.25) is 0 Å². The molecular formula is C19H24ClNO2. The zero-order valence-electron chi connectivity index (χ0n) is 14.4. The number of hydrogen-bond donors (Lipinski definition) is 1. The molecule has 0 aromatic heterocycles. The van der Waals surface area contributed by atoms with Crippen LogP contribution in [0.3, 0.4) is 0 Å². The molecule has 2 aromatic rings. The van der Waals surface area contributed by atoms with E-state index in [4.69, 9.17) is 21.1 Å². The molecule has 3 nitrogen and oxygen atoms in total. The van der Waals surface area contributed by atoms with Gasteiger partial charge in [0.05, 0.1) is 18.2 Å². The molecule has 0 saturated carbocycles. The van der Waals surface area contributed by atoms with Gasteiger partial charge in [-0.1, -0.05) is 17.7 Å². The van der Waals surface area contributed by atoms with Gasteiger partial charge in [0.1, 0.15) is 0 Å². The van der Waals surface area contributed by atoms with Crippen LogP contribution in [0.25, 0.3) is 0 Å². The number of methoxy groups -OCH3 is 1. The van der Waals surface area contributed by atoms with Gasteiger partial charge in [0, 0.05) is 12.2 Å². The summed E-state index contributed by atoms with van der Waals surface area (Å²) in [5.41, 5.74) is 4.69. The molecule has 0 aliphatic carbocycles. The van der Waals surface area contributed by atoms with Crippen LogP contribution in [0.15, 0.2) is 30.3 Å². The molecule has 0 atom stereocenters. The first kappa shape index (κ1) is 17.5. The van der Waals surface area contributed by atoms with Crippen molar-refractivity contribution in [3.05, 3.63) is 52.0 Å². The molecule has 0 saturated heterocycles. The Hall–Kier alpha value is -1.87. The van der Waals surface area contributed by atoms with Gasteiger partial charge < -0.3 is 14.8 Å². The van der Waals surface area contributed by atoms with E-state index in [0.29, 0.717) is 23.1 Å². The maximum atomic E-state index is 6.35. The minimum Gasteiger partial charge on any atom is -0.493 e. The van der Waals surface area contributed by atoms with E-state index in [2.05, 4.69) is 37.4 Å². The fourth-order valence-electron chi connectivity index (χ4n) is 2.28. The summed E-state index contributed by atoms with van der Waals surface area (Å²) in [6.07, 6.45) is 0.0425. The molecule has 4 heteroatoms. The number of anilines is 1. The van der Waals surface area contributed by atoms with Crippen molar-refractivity contribution in [1.82, 2.24) is 0 Å². The van der Waals surface area contributed by atoms with Crippen molar-refractivity contribution in [2.24, 2.45) is 0 Å². The second kappa shape index (κ2) is 7.60. The third kappa shape index (κ3) is 4.55. The van der Waals surface area contributed by atoms with Crippen molar-refractivity contribution in [2.75, 3.05) is 12.4 Å². The summed E-state index contributed by atoms with van der Waals surface area (Å²) in [6, 6.07) is 10.2. The van der Waals surface area contributed by atoms with Gasteiger partial charge in [0.25, 0.3) is 0 Å². The molecule has 0 aliphatic heterocycles. The topological polar surface area (TPSA) is 30.5 Å². The quantitative estimate of drug-likeness (QED) is 0.771. The SMILES string of the molecule is COc1cc(CNc2ccc(C)c(C)c2)cc(Cl)c1OC(C)C. The van der Waals surface area contributed by atoms with Gasteiger partial charge in [-0.05, 0) is 68.7 Å². The molecule has 0 bridgehead atoms. The summed E-state index contributed by atoms with van der Waals surface area (Å²) in [7, 11) is 1.62. The number of nitrogens with one attached hydrogen (secondary N) is 1. The van der Waals surface area contributed by atoms with Gasteiger partial charge in [-0.3, -0.25) is 0 Å². The van der Waals surface area contributed by atoms with Crippen LogP contribution < -0.4 is 14.8 Å². The van der Waals surface area contributed by atoms with Crippen LogP contribution in [0, 0.1) is 13.8 Å². The lowest BCUT2D eigenvalue weighted by atomic mass is 10.1. The number of hydrogen-bond acceptors (Lipinski definition) is 3. The number of rotatable bonds is 6. The Balaban J connectivity index is 2.16. The summed E-state index contributed by atoms with van der Waals surface area (Å²) in [5, 5.41) is 3.98. The molecule has 0 aliphatic rings. The molecule has 2 aromatic carbocycles. The van der Waals surface area contributed by atoms with Crippen LogP contribution in [0.5, 0.6) is 11.5 Å². The lowest BCUT2D eigenvalue weighted by Gasteiger charge is -2.17. The summed E-state index contributed by atoms with van der Waals surface area (Å²) in [6.45, 7) is 8.81. The Labute approximate surface area is 143 Å². The first-order chi connectivity index (χ1) is 10.9. The van der Waals surface area contributed by atoms with Crippen molar-refractivity contribution >= 4 is 17.3 Å². The second-order valence-electron chi connectivity index (χ2n) is 5.93. The van der Waals surface area contributed by atoms with Gasteiger partial charge in [-0.15, -0.1) is 0 Å². The van der Waals surface area contributed by atoms with Crippen LogP contribution in [0.2, 0.25) is 5.02 Å². The lowest BCUT2D eigenvalue weighted by Crippen LogP contribution is -2.08. The molecule has 0 radical (unpaired) electrons. The van der Waals surface area contributed by atoms with E-state index >= 15 is 0 Å². The molecule has 124 valence electrons. The molecule has 0 spiro atoms. The average molecular weight is 334 g/mol. The van der Waals surface area contributed by atoms with Crippen molar-refractivity contribution in [2.45, 2.75) is 40.3 Å². The highest BCUT2D eigenvalue weighted by molar-refractivity contribution is 6.32. The Kier molecular flexibility index (Phi) is 5.78. The van der Waals surface area contributed by atoms with Crippen molar-refractivity contribution in [1.29, 1.82) is 0 Å². The third-order valence-corrected chi connectivity index (χ3v) is 3.93. The molecule has 1 N–H and O–H groups in total. The highest BCUT2D eigenvalue weighted by Crippen LogP contribution is 2.37. The lowest BCUT2D eigenvalue weighted by molar-refractivity contribution is 0.230. The predicted octanol–water partition coefficient (Wildman–Crippen LogP) is 5.36. The maximum Gasteiger partial charge on any atom is 0.180 e. The van der Waals surface area contributed by atoms with Crippen LogP contribution in [0.1, 0.15) is 30.5 Å². The second-order valence-corrected chi connectivity index (χ2v) is 6.34. The van der Waals surface area contributed by atoms with Gasteiger partial charge in [0.15, 0.2) is 11.5 Å². The molecule has 23 heavy (non-hydrogen) atoms. The highest BCUT2D eigenvalue weighted by atomic mass is 35.5. The fourth-order valence-corrected chi connectivity index (χ4v) is 2.56. The Morgan fingerprint density at radius 2 is 1.83 bits per heavy atom. The van der Waals surface area contributed by atoms with Crippen molar-refractivity contribution in [3.8, 4) is 11.5 Å². The van der Waals surface area contributed by atoms with E-state index in [0.717, 1.165) is 11.3 Å². The van der Waals surface area contributed by atoms with Gasteiger partial charge >= 0.3 is 0 Å². The first-order valence-electron chi connectivity index (χ1n) is 7.75. The normalized spacial score (nSPS) is 10.7.